The molecule has 0 aliphatic heterocycles. The van der Waals surface area contributed by atoms with Gasteiger partial charge in [0.15, 0.2) is 0 Å². The molecule has 0 radical (unpaired) electrons. The molecule has 20 heavy (non-hydrogen) atoms. The first-order valence-corrected chi connectivity index (χ1v) is 6.65. The second-order valence-electron chi connectivity index (χ2n) is 4.99. The minimum absolute atomic E-state index is 0.227. The van der Waals surface area contributed by atoms with Gasteiger partial charge in [-0.05, 0) is 51.0 Å². The number of hydrogen-bond acceptors (Lipinski definition) is 3. The van der Waals surface area contributed by atoms with Crippen LogP contribution in [0.25, 0.3) is 0 Å². The van der Waals surface area contributed by atoms with Gasteiger partial charge in [0.05, 0.1) is 11.4 Å². The number of carbonyl (C=O) groups excluding carboxylic acids is 1. The van der Waals surface area contributed by atoms with Crippen molar-refractivity contribution in [1.29, 1.82) is 0 Å². The first-order valence-electron chi connectivity index (χ1n) is 6.65. The second-order valence-corrected chi connectivity index (χ2v) is 4.99. The zero-order chi connectivity index (χ0) is 14.9. The van der Waals surface area contributed by atoms with Crippen molar-refractivity contribution in [3.8, 4) is 0 Å². The summed E-state index contributed by atoms with van der Waals surface area (Å²) >= 11 is 0. The number of anilines is 2. The maximum Gasteiger partial charge on any atom is 0.276 e. The molecule has 106 valence electrons. The van der Waals surface area contributed by atoms with Crippen molar-refractivity contribution in [3.63, 3.8) is 0 Å². The molecule has 0 unspecified atom stereocenters. The molecule has 1 aromatic carbocycles. The Hall–Kier alpha value is -2.30. The van der Waals surface area contributed by atoms with Crippen LogP contribution in [0.1, 0.15) is 34.2 Å². The number of hydrogen-bond donors (Lipinski definition) is 2. The first-order chi connectivity index (χ1) is 9.42. The molecule has 3 N–H and O–H groups in total. The molecule has 0 aliphatic rings. The van der Waals surface area contributed by atoms with Crippen LogP contribution < -0.4 is 11.1 Å². The molecule has 0 spiro atoms. The number of amides is 1. The largest absolute Gasteiger partial charge is 0.395 e. The predicted octanol–water partition coefficient (Wildman–Crippen LogP) is 2.66. The number of aryl methyl sites for hydroxylation is 4. The van der Waals surface area contributed by atoms with Crippen LogP contribution in [-0.2, 0) is 6.54 Å². The molecule has 0 saturated heterocycles. The van der Waals surface area contributed by atoms with Gasteiger partial charge in [0.2, 0.25) is 0 Å². The number of aromatic nitrogens is 2. The van der Waals surface area contributed by atoms with E-state index in [0.29, 0.717) is 23.6 Å². The van der Waals surface area contributed by atoms with E-state index in [2.05, 4.69) is 16.5 Å². The number of nitrogen functional groups attached to an aromatic ring is 1. The lowest BCUT2D eigenvalue weighted by atomic mass is 10.1. The fourth-order valence-corrected chi connectivity index (χ4v) is 2.30. The number of nitrogens with one attached hydrogen (secondary N) is 1. The van der Waals surface area contributed by atoms with E-state index in [1.54, 1.807) is 11.6 Å². The van der Waals surface area contributed by atoms with Crippen molar-refractivity contribution in [2.45, 2.75) is 34.2 Å². The SMILES string of the molecule is CCn1nc(C)c(N)c1C(=O)Nc1cc(C)cc(C)c1. The Bertz CT molecular complexity index is 638. The Morgan fingerprint density at radius 3 is 2.40 bits per heavy atom. The van der Waals surface area contributed by atoms with Crippen LogP contribution in [0.15, 0.2) is 18.2 Å². The van der Waals surface area contributed by atoms with E-state index in [1.165, 1.54) is 0 Å². The molecule has 2 aromatic rings. The Balaban J connectivity index is 2.33. The summed E-state index contributed by atoms with van der Waals surface area (Å²) in [6.45, 7) is 8.33. The highest BCUT2D eigenvalue weighted by atomic mass is 16.2. The monoisotopic (exact) mass is 272 g/mol. The molecule has 5 heteroatoms. The number of benzene rings is 1. The highest BCUT2D eigenvalue weighted by Crippen LogP contribution is 2.19. The number of carbonyl (C=O) groups is 1. The van der Waals surface area contributed by atoms with E-state index in [1.807, 2.05) is 32.9 Å². The Kier molecular flexibility index (Phi) is 3.79. The van der Waals surface area contributed by atoms with Gasteiger partial charge in [-0.25, -0.2) is 0 Å². The standard InChI is InChI=1S/C15H20N4O/c1-5-19-14(13(16)11(4)18-19)15(20)17-12-7-9(2)6-10(3)8-12/h6-8H,5,16H2,1-4H3,(H,17,20). The summed E-state index contributed by atoms with van der Waals surface area (Å²) in [5.74, 6) is -0.227. The topological polar surface area (TPSA) is 72.9 Å². The molecular weight excluding hydrogens is 252 g/mol. The van der Waals surface area contributed by atoms with Crippen LogP contribution in [-0.4, -0.2) is 15.7 Å². The summed E-state index contributed by atoms with van der Waals surface area (Å²) < 4.78 is 1.63. The summed E-state index contributed by atoms with van der Waals surface area (Å²) in [5, 5.41) is 7.15. The van der Waals surface area contributed by atoms with E-state index < -0.39 is 0 Å². The summed E-state index contributed by atoms with van der Waals surface area (Å²) in [6, 6.07) is 5.92. The average Bonchev–Trinajstić information content (AvgIpc) is 2.63. The maximum atomic E-state index is 12.4. The van der Waals surface area contributed by atoms with Crippen LogP contribution in [0, 0.1) is 20.8 Å². The molecule has 0 saturated carbocycles. The third-order valence-electron chi connectivity index (χ3n) is 3.17. The number of rotatable bonds is 3. The third kappa shape index (κ3) is 2.66. The van der Waals surface area contributed by atoms with E-state index in [9.17, 15) is 4.79 Å². The molecule has 0 atom stereocenters. The van der Waals surface area contributed by atoms with Crippen molar-refractivity contribution < 1.29 is 4.79 Å². The summed E-state index contributed by atoms with van der Waals surface area (Å²) in [4.78, 5) is 12.4. The summed E-state index contributed by atoms with van der Waals surface area (Å²) in [5.41, 5.74) is 10.5. The van der Waals surface area contributed by atoms with Crippen LogP contribution in [0.3, 0.4) is 0 Å². The van der Waals surface area contributed by atoms with Gasteiger partial charge in [-0.3, -0.25) is 9.48 Å². The molecule has 1 aromatic heterocycles. The molecule has 1 heterocycles. The van der Waals surface area contributed by atoms with Gasteiger partial charge in [0.1, 0.15) is 5.69 Å². The molecule has 0 bridgehead atoms. The van der Waals surface area contributed by atoms with E-state index in [0.717, 1.165) is 16.8 Å². The van der Waals surface area contributed by atoms with Gasteiger partial charge in [-0.2, -0.15) is 5.10 Å². The van der Waals surface area contributed by atoms with Gasteiger partial charge in [0.25, 0.3) is 5.91 Å². The Labute approximate surface area is 118 Å². The van der Waals surface area contributed by atoms with Crippen LogP contribution in [0.2, 0.25) is 0 Å². The molecule has 2 rings (SSSR count). The normalized spacial score (nSPS) is 10.6. The first kappa shape index (κ1) is 14.1. The number of nitrogens with two attached hydrogens (primary N) is 1. The van der Waals surface area contributed by atoms with E-state index in [-0.39, 0.29) is 5.91 Å². The smallest absolute Gasteiger partial charge is 0.276 e. The molecule has 0 aliphatic carbocycles. The zero-order valence-electron chi connectivity index (χ0n) is 12.3. The zero-order valence-corrected chi connectivity index (χ0v) is 12.3. The van der Waals surface area contributed by atoms with Gasteiger partial charge in [-0.15, -0.1) is 0 Å². The predicted molar refractivity (Wildman–Crippen MR) is 80.9 cm³/mol. The summed E-state index contributed by atoms with van der Waals surface area (Å²) in [6.07, 6.45) is 0. The lowest BCUT2D eigenvalue weighted by Crippen LogP contribution is -2.19. The molecule has 1 amide bonds. The van der Waals surface area contributed by atoms with Crippen molar-refractivity contribution in [2.75, 3.05) is 11.1 Å². The Morgan fingerprint density at radius 2 is 1.85 bits per heavy atom. The fraction of sp³-hybridized carbons (Fsp3) is 0.333. The average molecular weight is 272 g/mol. The van der Waals surface area contributed by atoms with Gasteiger partial charge in [0, 0.05) is 12.2 Å². The van der Waals surface area contributed by atoms with Crippen LogP contribution in [0.4, 0.5) is 11.4 Å². The molecule has 0 fully saturated rings. The lowest BCUT2D eigenvalue weighted by molar-refractivity contribution is 0.101. The Morgan fingerprint density at radius 1 is 1.25 bits per heavy atom. The van der Waals surface area contributed by atoms with Gasteiger partial charge < -0.3 is 11.1 Å². The van der Waals surface area contributed by atoms with E-state index >= 15 is 0 Å². The quantitative estimate of drug-likeness (QED) is 0.902. The van der Waals surface area contributed by atoms with Crippen molar-refractivity contribution in [3.05, 3.63) is 40.7 Å². The molecular formula is C15H20N4O. The number of nitrogens with zero attached hydrogens (tertiary/aromatic N) is 2. The highest BCUT2D eigenvalue weighted by molar-refractivity contribution is 6.06. The maximum absolute atomic E-state index is 12.4. The molecule has 5 nitrogen and oxygen atoms in total. The summed E-state index contributed by atoms with van der Waals surface area (Å²) in [7, 11) is 0. The van der Waals surface area contributed by atoms with E-state index in [4.69, 9.17) is 5.73 Å². The van der Waals surface area contributed by atoms with Crippen molar-refractivity contribution >= 4 is 17.3 Å². The highest BCUT2D eigenvalue weighted by Gasteiger charge is 2.19. The van der Waals surface area contributed by atoms with Crippen molar-refractivity contribution in [1.82, 2.24) is 9.78 Å². The van der Waals surface area contributed by atoms with Crippen LogP contribution >= 0.6 is 0 Å². The lowest BCUT2D eigenvalue weighted by Gasteiger charge is -2.09. The minimum atomic E-state index is -0.227. The van der Waals surface area contributed by atoms with Gasteiger partial charge >= 0.3 is 0 Å². The van der Waals surface area contributed by atoms with Crippen molar-refractivity contribution in [2.24, 2.45) is 0 Å². The fourth-order valence-electron chi connectivity index (χ4n) is 2.30. The second kappa shape index (κ2) is 5.36. The van der Waals surface area contributed by atoms with Gasteiger partial charge in [-0.1, -0.05) is 6.07 Å². The van der Waals surface area contributed by atoms with Crippen LogP contribution in [0.5, 0.6) is 0 Å². The minimum Gasteiger partial charge on any atom is -0.395 e. The third-order valence-corrected chi connectivity index (χ3v) is 3.17.